The summed E-state index contributed by atoms with van der Waals surface area (Å²) < 4.78 is 6.93. The zero-order chi connectivity index (χ0) is 13.7. The fourth-order valence-electron chi connectivity index (χ4n) is 2.77. The molecule has 3 nitrogen and oxygen atoms in total. The molecule has 4 heteroatoms. The van der Waals surface area contributed by atoms with E-state index < -0.39 is 0 Å². The van der Waals surface area contributed by atoms with E-state index in [0.29, 0.717) is 12.1 Å². The van der Waals surface area contributed by atoms with Crippen molar-refractivity contribution in [3.05, 3.63) is 34.3 Å². The Bertz CT molecular complexity index is 380. The van der Waals surface area contributed by atoms with Gasteiger partial charge in [0.25, 0.3) is 0 Å². The van der Waals surface area contributed by atoms with Gasteiger partial charge in [-0.15, -0.1) is 0 Å². The van der Waals surface area contributed by atoms with Crippen LogP contribution in [0.5, 0.6) is 0 Å². The average Bonchev–Trinajstić information content (AvgIpc) is 2.43. The maximum absolute atomic E-state index is 5.79. The molecule has 106 valence electrons. The monoisotopic (exact) mass is 326 g/mol. The molecule has 1 fully saturated rings. The molecule has 1 saturated heterocycles. The van der Waals surface area contributed by atoms with Crippen LogP contribution in [-0.4, -0.2) is 44.3 Å². The molecule has 1 N–H and O–H groups in total. The van der Waals surface area contributed by atoms with Crippen molar-refractivity contribution in [3.8, 4) is 0 Å². The maximum Gasteiger partial charge on any atom is 0.0826 e. The van der Waals surface area contributed by atoms with E-state index >= 15 is 0 Å². The maximum atomic E-state index is 5.79. The molecule has 1 aromatic rings. The first-order valence-electron chi connectivity index (χ1n) is 7.00. The summed E-state index contributed by atoms with van der Waals surface area (Å²) in [5.74, 6) is 0. The first kappa shape index (κ1) is 15.0. The highest BCUT2D eigenvalue weighted by Crippen LogP contribution is 2.27. The molecule has 0 amide bonds. The van der Waals surface area contributed by atoms with Crippen LogP contribution in [0.3, 0.4) is 0 Å². The van der Waals surface area contributed by atoms with Crippen LogP contribution in [-0.2, 0) is 4.74 Å². The van der Waals surface area contributed by atoms with Crippen LogP contribution < -0.4 is 5.32 Å². The lowest BCUT2D eigenvalue weighted by Crippen LogP contribution is -2.47. The van der Waals surface area contributed by atoms with Gasteiger partial charge in [0.15, 0.2) is 0 Å². The predicted octanol–water partition coefficient (Wildman–Crippen LogP) is 2.82. The molecule has 0 spiro atoms. The smallest absolute Gasteiger partial charge is 0.0826 e. The van der Waals surface area contributed by atoms with Crippen molar-refractivity contribution in [2.75, 3.05) is 33.3 Å². The van der Waals surface area contributed by atoms with E-state index in [2.05, 4.69) is 57.3 Å². The fraction of sp³-hybridized carbons (Fsp3) is 0.600. The molecule has 1 heterocycles. The molecule has 0 saturated carbocycles. The summed E-state index contributed by atoms with van der Waals surface area (Å²) in [7, 11) is 1.98. The molecule has 1 aliphatic rings. The third-order valence-corrected chi connectivity index (χ3v) is 4.21. The van der Waals surface area contributed by atoms with Crippen molar-refractivity contribution in [1.29, 1.82) is 0 Å². The Morgan fingerprint density at radius 1 is 1.42 bits per heavy atom. The van der Waals surface area contributed by atoms with Gasteiger partial charge < -0.3 is 10.1 Å². The van der Waals surface area contributed by atoms with Gasteiger partial charge in [-0.25, -0.2) is 0 Å². The SMILES string of the molecule is CCC(c1ccc(Br)cc1)N1CCOC(CNC)C1. The minimum absolute atomic E-state index is 0.309. The predicted molar refractivity (Wildman–Crippen MR) is 82.4 cm³/mol. The normalized spacial score (nSPS) is 22.4. The summed E-state index contributed by atoms with van der Waals surface area (Å²) in [6.45, 7) is 6.05. The van der Waals surface area contributed by atoms with Crippen LogP contribution in [0.2, 0.25) is 0 Å². The number of ether oxygens (including phenoxy) is 1. The summed E-state index contributed by atoms with van der Waals surface area (Å²) in [6.07, 6.45) is 1.44. The molecule has 0 radical (unpaired) electrons. The second-order valence-electron chi connectivity index (χ2n) is 5.02. The van der Waals surface area contributed by atoms with Gasteiger partial charge in [-0.1, -0.05) is 35.0 Å². The summed E-state index contributed by atoms with van der Waals surface area (Å²) in [5.41, 5.74) is 1.40. The van der Waals surface area contributed by atoms with Crippen LogP contribution >= 0.6 is 15.9 Å². The van der Waals surface area contributed by atoms with Gasteiger partial charge in [0, 0.05) is 30.1 Å². The van der Waals surface area contributed by atoms with Crippen molar-refractivity contribution in [2.45, 2.75) is 25.5 Å². The van der Waals surface area contributed by atoms with Gasteiger partial charge >= 0.3 is 0 Å². The van der Waals surface area contributed by atoms with E-state index in [1.54, 1.807) is 0 Å². The van der Waals surface area contributed by atoms with Gasteiger partial charge in [-0.3, -0.25) is 4.90 Å². The third-order valence-electron chi connectivity index (χ3n) is 3.68. The second kappa shape index (κ2) is 7.39. The zero-order valence-electron chi connectivity index (χ0n) is 11.7. The van der Waals surface area contributed by atoms with E-state index in [0.717, 1.165) is 37.1 Å². The average molecular weight is 327 g/mol. The van der Waals surface area contributed by atoms with E-state index in [1.165, 1.54) is 5.56 Å². The minimum atomic E-state index is 0.309. The Kier molecular flexibility index (Phi) is 5.82. The van der Waals surface area contributed by atoms with Crippen molar-refractivity contribution in [1.82, 2.24) is 10.2 Å². The summed E-state index contributed by atoms with van der Waals surface area (Å²) in [6, 6.07) is 9.20. The van der Waals surface area contributed by atoms with Crippen LogP contribution in [0.15, 0.2) is 28.7 Å². The first-order valence-corrected chi connectivity index (χ1v) is 7.79. The standard InChI is InChI=1S/C15H23BrN2O/c1-3-15(12-4-6-13(16)7-5-12)18-8-9-19-14(11-18)10-17-2/h4-7,14-15,17H,3,8-11H2,1-2H3. The largest absolute Gasteiger partial charge is 0.374 e. The fourth-order valence-corrected chi connectivity index (χ4v) is 3.03. The lowest BCUT2D eigenvalue weighted by Gasteiger charge is -2.38. The Hall–Kier alpha value is -0.420. The third kappa shape index (κ3) is 4.02. The minimum Gasteiger partial charge on any atom is -0.374 e. The highest BCUT2D eigenvalue weighted by Gasteiger charge is 2.25. The van der Waals surface area contributed by atoms with E-state index in [-0.39, 0.29) is 0 Å². The number of rotatable bonds is 5. The van der Waals surface area contributed by atoms with Gasteiger partial charge in [-0.2, -0.15) is 0 Å². The zero-order valence-corrected chi connectivity index (χ0v) is 13.3. The molecule has 0 aliphatic carbocycles. The Balaban J connectivity index is 2.06. The Labute approximate surface area is 124 Å². The number of benzene rings is 1. The number of nitrogens with one attached hydrogen (secondary N) is 1. The van der Waals surface area contributed by atoms with Gasteiger partial charge in [0.05, 0.1) is 12.7 Å². The van der Waals surface area contributed by atoms with Crippen LogP contribution in [0, 0.1) is 0 Å². The van der Waals surface area contributed by atoms with Crippen LogP contribution in [0.1, 0.15) is 24.9 Å². The lowest BCUT2D eigenvalue weighted by molar-refractivity contribution is -0.0423. The highest BCUT2D eigenvalue weighted by molar-refractivity contribution is 9.10. The van der Waals surface area contributed by atoms with E-state index in [4.69, 9.17) is 4.74 Å². The van der Waals surface area contributed by atoms with Gasteiger partial charge in [0.1, 0.15) is 0 Å². The summed E-state index contributed by atoms with van der Waals surface area (Å²) in [5, 5.41) is 3.20. The molecule has 2 unspecified atom stereocenters. The molecular weight excluding hydrogens is 304 g/mol. The summed E-state index contributed by atoms with van der Waals surface area (Å²) >= 11 is 3.50. The number of hydrogen-bond donors (Lipinski definition) is 1. The number of hydrogen-bond acceptors (Lipinski definition) is 3. The second-order valence-corrected chi connectivity index (χ2v) is 5.94. The van der Waals surface area contributed by atoms with Crippen LogP contribution in [0.25, 0.3) is 0 Å². The molecule has 19 heavy (non-hydrogen) atoms. The topological polar surface area (TPSA) is 24.5 Å². The number of likely N-dealkylation sites (N-methyl/N-ethyl adjacent to an activating group) is 1. The quantitative estimate of drug-likeness (QED) is 0.900. The van der Waals surface area contributed by atoms with Crippen LogP contribution in [0.4, 0.5) is 0 Å². The molecule has 2 atom stereocenters. The van der Waals surface area contributed by atoms with Crippen molar-refractivity contribution in [2.24, 2.45) is 0 Å². The Morgan fingerprint density at radius 2 is 2.16 bits per heavy atom. The van der Waals surface area contributed by atoms with Crippen molar-refractivity contribution < 1.29 is 4.74 Å². The molecular formula is C15H23BrN2O. The molecule has 2 rings (SSSR count). The molecule has 0 aromatic heterocycles. The highest BCUT2D eigenvalue weighted by atomic mass is 79.9. The molecule has 1 aromatic carbocycles. The number of morpholine rings is 1. The van der Waals surface area contributed by atoms with E-state index in [1.807, 2.05) is 7.05 Å². The molecule has 1 aliphatic heterocycles. The van der Waals surface area contributed by atoms with Gasteiger partial charge in [-0.05, 0) is 31.2 Å². The number of nitrogens with zero attached hydrogens (tertiary/aromatic N) is 1. The van der Waals surface area contributed by atoms with Gasteiger partial charge in [0.2, 0.25) is 0 Å². The summed E-state index contributed by atoms with van der Waals surface area (Å²) in [4.78, 5) is 2.55. The first-order chi connectivity index (χ1) is 9.24. The van der Waals surface area contributed by atoms with Crippen molar-refractivity contribution in [3.63, 3.8) is 0 Å². The molecule has 0 bridgehead atoms. The van der Waals surface area contributed by atoms with Crippen molar-refractivity contribution >= 4 is 15.9 Å². The Morgan fingerprint density at radius 3 is 2.79 bits per heavy atom. The lowest BCUT2D eigenvalue weighted by atomic mass is 10.0. The van der Waals surface area contributed by atoms with E-state index in [9.17, 15) is 0 Å². The number of halogens is 1.